The lowest BCUT2D eigenvalue weighted by molar-refractivity contribution is 0.573. The van der Waals surface area contributed by atoms with E-state index in [-0.39, 0.29) is 0 Å². The molecule has 0 spiro atoms. The summed E-state index contributed by atoms with van der Waals surface area (Å²) in [6.45, 7) is 2.28. The van der Waals surface area contributed by atoms with Crippen molar-refractivity contribution in [3.63, 3.8) is 0 Å². The maximum absolute atomic E-state index is 4.30. The standard InChI is InChI=1S/C16H27NS2/c1-2-3-4-5-6-7-8-9-12-15-18-19-16-13-10-11-14-17-16/h10-11,13-14H,2-9,12,15H2,1H3. The predicted molar refractivity (Wildman–Crippen MR) is 89.8 cm³/mol. The van der Waals surface area contributed by atoms with Crippen LogP contribution in [0.15, 0.2) is 29.4 Å². The summed E-state index contributed by atoms with van der Waals surface area (Å²) in [4.78, 5) is 4.30. The molecule has 19 heavy (non-hydrogen) atoms. The average molecular weight is 298 g/mol. The topological polar surface area (TPSA) is 12.9 Å². The molecule has 0 bridgehead atoms. The molecule has 1 rings (SSSR count). The Morgan fingerprint density at radius 2 is 1.58 bits per heavy atom. The van der Waals surface area contributed by atoms with E-state index in [1.54, 1.807) is 10.8 Å². The minimum absolute atomic E-state index is 1.13. The molecule has 0 unspecified atom stereocenters. The van der Waals surface area contributed by atoms with Gasteiger partial charge in [-0.1, -0.05) is 75.2 Å². The van der Waals surface area contributed by atoms with Crippen LogP contribution < -0.4 is 0 Å². The zero-order valence-corrected chi connectivity index (χ0v) is 13.8. The highest BCUT2D eigenvalue weighted by Crippen LogP contribution is 2.29. The van der Waals surface area contributed by atoms with Crippen molar-refractivity contribution in [2.24, 2.45) is 0 Å². The van der Waals surface area contributed by atoms with Crippen molar-refractivity contribution in [3.8, 4) is 0 Å². The van der Waals surface area contributed by atoms with Crippen molar-refractivity contribution in [2.75, 3.05) is 5.75 Å². The quantitative estimate of drug-likeness (QED) is 0.329. The van der Waals surface area contributed by atoms with Gasteiger partial charge in [-0.3, -0.25) is 0 Å². The fourth-order valence-electron chi connectivity index (χ4n) is 1.97. The zero-order valence-electron chi connectivity index (χ0n) is 12.1. The van der Waals surface area contributed by atoms with Crippen molar-refractivity contribution in [1.29, 1.82) is 0 Å². The lowest BCUT2D eigenvalue weighted by Gasteiger charge is -2.02. The van der Waals surface area contributed by atoms with Crippen LogP contribution in [0, 0.1) is 0 Å². The normalized spacial score (nSPS) is 10.8. The van der Waals surface area contributed by atoms with Gasteiger partial charge in [0.2, 0.25) is 0 Å². The average Bonchev–Trinajstić information content (AvgIpc) is 2.46. The molecular formula is C16H27NS2. The van der Waals surface area contributed by atoms with Crippen LogP contribution in [0.5, 0.6) is 0 Å². The first kappa shape index (κ1) is 16.9. The first-order chi connectivity index (χ1) is 9.43. The molecule has 0 N–H and O–H groups in total. The van der Waals surface area contributed by atoms with E-state index in [0.717, 1.165) is 5.03 Å². The van der Waals surface area contributed by atoms with E-state index in [2.05, 4.69) is 24.0 Å². The SMILES string of the molecule is CCCCCCCCCCCSSc1ccccn1. The van der Waals surface area contributed by atoms with Crippen molar-refractivity contribution in [2.45, 2.75) is 69.7 Å². The Morgan fingerprint density at radius 3 is 2.21 bits per heavy atom. The third-order valence-corrected chi connectivity index (χ3v) is 5.46. The Bertz CT molecular complexity index is 290. The Hall–Kier alpha value is -0.150. The second kappa shape index (κ2) is 12.9. The van der Waals surface area contributed by atoms with Gasteiger partial charge in [0, 0.05) is 11.9 Å². The maximum Gasteiger partial charge on any atom is 0.106 e. The Kier molecular flexibility index (Phi) is 11.4. The summed E-state index contributed by atoms with van der Waals surface area (Å²) in [7, 11) is 3.74. The van der Waals surface area contributed by atoms with Crippen molar-refractivity contribution < 1.29 is 0 Å². The molecule has 0 amide bonds. The Balaban J connectivity index is 1.79. The fourth-order valence-corrected chi connectivity index (χ4v) is 4.00. The molecular weight excluding hydrogens is 270 g/mol. The Morgan fingerprint density at radius 1 is 0.895 bits per heavy atom. The lowest BCUT2D eigenvalue weighted by Crippen LogP contribution is -1.82. The molecule has 0 saturated heterocycles. The highest BCUT2D eigenvalue weighted by molar-refractivity contribution is 8.76. The summed E-state index contributed by atoms with van der Waals surface area (Å²) in [5, 5.41) is 1.13. The van der Waals surface area contributed by atoms with Crippen LogP contribution in [0.3, 0.4) is 0 Å². The first-order valence-electron chi connectivity index (χ1n) is 7.64. The number of pyridine rings is 1. The van der Waals surface area contributed by atoms with Gasteiger partial charge < -0.3 is 0 Å². The van der Waals surface area contributed by atoms with E-state index in [1.165, 1.54) is 63.5 Å². The lowest BCUT2D eigenvalue weighted by atomic mass is 10.1. The van der Waals surface area contributed by atoms with Gasteiger partial charge in [-0.2, -0.15) is 0 Å². The highest BCUT2D eigenvalue weighted by Gasteiger charge is 1.96. The summed E-state index contributed by atoms with van der Waals surface area (Å²) in [5.74, 6) is 1.25. The number of hydrogen-bond acceptors (Lipinski definition) is 3. The van der Waals surface area contributed by atoms with Gasteiger partial charge in [-0.05, 0) is 29.3 Å². The van der Waals surface area contributed by atoms with E-state index >= 15 is 0 Å². The smallest absolute Gasteiger partial charge is 0.106 e. The van der Waals surface area contributed by atoms with E-state index in [0.29, 0.717) is 0 Å². The van der Waals surface area contributed by atoms with Gasteiger partial charge in [0.25, 0.3) is 0 Å². The predicted octanol–water partition coefficient (Wildman–Crippen LogP) is 6.35. The number of hydrogen-bond donors (Lipinski definition) is 0. The van der Waals surface area contributed by atoms with Gasteiger partial charge in [0.05, 0.1) is 0 Å². The van der Waals surface area contributed by atoms with Crippen molar-refractivity contribution in [1.82, 2.24) is 4.98 Å². The summed E-state index contributed by atoms with van der Waals surface area (Å²) in [6.07, 6.45) is 14.5. The van der Waals surface area contributed by atoms with Gasteiger partial charge >= 0.3 is 0 Å². The third-order valence-electron chi connectivity index (χ3n) is 3.11. The molecule has 108 valence electrons. The Labute approximate surface area is 126 Å². The summed E-state index contributed by atoms with van der Waals surface area (Å²) >= 11 is 0. The maximum atomic E-state index is 4.30. The molecule has 1 aromatic heterocycles. The van der Waals surface area contributed by atoms with E-state index in [4.69, 9.17) is 0 Å². The monoisotopic (exact) mass is 297 g/mol. The summed E-state index contributed by atoms with van der Waals surface area (Å²) in [5.41, 5.74) is 0. The number of aromatic nitrogens is 1. The molecule has 0 aromatic carbocycles. The van der Waals surface area contributed by atoms with E-state index < -0.39 is 0 Å². The van der Waals surface area contributed by atoms with Gasteiger partial charge in [0.15, 0.2) is 0 Å². The van der Waals surface area contributed by atoms with Crippen LogP contribution in [0.2, 0.25) is 0 Å². The van der Waals surface area contributed by atoms with Crippen molar-refractivity contribution in [3.05, 3.63) is 24.4 Å². The van der Waals surface area contributed by atoms with E-state index in [9.17, 15) is 0 Å². The van der Waals surface area contributed by atoms with Crippen LogP contribution in [-0.4, -0.2) is 10.7 Å². The summed E-state index contributed by atoms with van der Waals surface area (Å²) in [6, 6.07) is 6.09. The highest BCUT2D eigenvalue weighted by atomic mass is 33.1. The van der Waals surface area contributed by atoms with Crippen LogP contribution in [0.25, 0.3) is 0 Å². The molecule has 0 radical (unpaired) electrons. The minimum atomic E-state index is 1.13. The fraction of sp³-hybridized carbons (Fsp3) is 0.688. The van der Waals surface area contributed by atoms with Crippen LogP contribution >= 0.6 is 21.6 Å². The molecule has 0 aliphatic rings. The van der Waals surface area contributed by atoms with Crippen LogP contribution in [0.1, 0.15) is 64.7 Å². The van der Waals surface area contributed by atoms with Gasteiger partial charge in [0.1, 0.15) is 5.03 Å². The first-order valence-corrected chi connectivity index (χ1v) is 9.96. The molecule has 0 saturated carbocycles. The van der Waals surface area contributed by atoms with Gasteiger partial charge in [-0.15, -0.1) is 0 Å². The molecule has 0 fully saturated rings. The number of rotatable bonds is 12. The van der Waals surface area contributed by atoms with Crippen LogP contribution in [0.4, 0.5) is 0 Å². The zero-order chi connectivity index (χ0) is 13.6. The van der Waals surface area contributed by atoms with Crippen LogP contribution in [-0.2, 0) is 0 Å². The second-order valence-corrected chi connectivity index (χ2v) is 7.34. The third kappa shape index (κ3) is 10.3. The molecule has 1 aromatic rings. The van der Waals surface area contributed by atoms with Gasteiger partial charge in [-0.25, -0.2) is 4.98 Å². The second-order valence-electron chi connectivity index (χ2n) is 4.90. The molecule has 3 heteroatoms. The molecule has 1 nitrogen and oxygen atoms in total. The van der Waals surface area contributed by atoms with Crippen molar-refractivity contribution >= 4 is 21.6 Å². The van der Waals surface area contributed by atoms with E-state index in [1.807, 2.05) is 23.1 Å². The molecule has 0 aliphatic carbocycles. The molecule has 0 atom stereocenters. The minimum Gasteiger partial charge on any atom is -0.249 e. The summed E-state index contributed by atoms with van der Waals surface area (Å²) < 4.78 is 0. The number of nitrogens with zero attached hydrogens (tertiary/aromatic N) is 1. The molecule has 0 aliphatic heterocycles. The largest absolute Gasteiger partial charge is 0.249 e. The number of unbranched alkanes of at least 4 members (excludes halogenated alkanes) is 8. The molecule has 1 heterocycles.